The smallest absolute Gasteiger partial charge is 0.280 e. The minimum absolute atomic E-state index is 0.243. The van der Waals surface area contributed by atoms with Crippen LogP contribution in [0.1, 0.15) is 21.5 Å². The fraction of sp³-hybridized carbons (Fsp3) is 0.0968. The molecule has 0 N–H and O–H groups in total. The van der Waals surface area contributed by atoms with Crippen LogP contribution < -0.4 is 4.80 Å². The van der Waals surface area contributed by atoms with Gasteiger partial charge in [-0.15, -0.1) is 0 Å². The number of nitrogens with zero attached hydrogens (tertiary/aromatic N) is 2. The normalized spacial score (nSPS) is 11.6. The van der Waals surface area contributed by atoms with E-state index in [0.717, 1.165) is 32.8 Å². The zero-order chi connectivity index (χ0) is 24.4. The Labute approximate surface area is 209 Å². The SMILES string of the molecule is Cc1ccc(-c2c(-c3ccccc3)sc(=NC(=O)c3ccccc3-c3ccccc3)n2C)cc1C. The van der Waals surface area contributed by atoms with Gasteiger partial charge in [-0.2, -0.15) is 4.99 Å². The average Bonchev–Trinajstić information content (AvgIpc) is 3.22. The van der Waals surface area contributed by atoms with Crippen molar-refractivity contribution >= 4 is 17.2 Å². The molecule has 0 aliphatic carbocycles. The molecule has 5 aromatic rings. The van der Waals surface area contributed by atoms with E-state index in [2.05, 4.69) is 49.2 Å². The van der Waals surface area contributed by atoms with Gasteiger partial charge in [0.2, 0.25) is 0 Å². The van der Waals surface area contributed by atoms with Crippen molar-refractivity contribution < 1.29 is 4.79 Å². The van der Waals surface area contributed by atoms with Crippen LogP contribution in [0.2, 0.25) is 0 Å². The third-order valence-corrected chi connectivity index (χ3v) is 7.47. The monoisotopic (exact) mass is 474 g/mol. The van der Waals surface area contributed by atoms with Gasteiger partial charge in [-0.3, -0.25) is 4.79 Å². The lowest BCUT2D eigenvalue weighted by molar-refractivity contribution is 0.0998. The summed E-state index contributed by atoms with van der Waals surface area (Å²) < 4.78 is 2.04. The summed E-state index contributed by atoms with van der Waals surface area (Å²) in [6.45, 7) is 4.25. The van der Waals surface area contributed by atoms with E-state index in [1.807, 2.05) is 84.4 Å². The quantitative estimate of drug-likeness (QED) is 0.266. The summed E-state index contributed by atoms with van der Waals surface area (Å²) in [6.07, 6.45) is 0. The molecule has 1 aromatic heterocycles. The van der Waals surface area contributed by atoms with Crippen molar-refractivity contribution in [1.29, 1.82) is 0 Å². The third-order valence-electron chi connectivity index (χ3n) is 6.29. The summed E-state index contributed by atoms with van der Waals surface area (Å²) in [5.74, 6) is -0.243. The van der Waals surface area contributed by atoms with Crippen molar-refractivity contribution in [3.63, 3.8) is 0 Å². The number of hydrogen-bond donors (Lipinski definition) is 0. The standard InChI is InChI=1S/C31H26N2OS/c1-21-18-19-25(20-22(21)2)28-29(24-14-8-5-9-15-24)35-31(33(28)3)32-30(34)27-17-11-10-16-26(27)23-12-6-4-7-13-23/h4-20H,1-3H3. The van der Waals surface area contributed by atoms with E-state index in [0.29, 0.717) is 10.4 Å². The number of carbonyl (C=O) groups is 1. The van der Waals surface area contributed by atoms with Crippen LogP contribution in [0.3, 0.4) is 0 Å². The van der Waals surface area contributed by atoms with Gasteiger partial charge in [-0.25, -0.2) is 0 Å². The highest BCUT2D eigenvalue weighted by atomic mass is 32.1. The zero-order valence-electron chi connectivity index (χ0n) is 20.0. The first kappa shape index (κ1) is 22.8. The van der Waals surface area contributed by atoms with Crippen LogP contribution in [0.5, 0.6) is 0 Å². The number of carbonyl (C=O) groups excluding carboxylic acids is 1. The van der Waals surface area contributed by atoms with Crippen molar-refractivity contribution in [2.45, 2.75) is 13.8 Å². The topological polar surface area (TPSA) is 34.4 Å². The molecule has 5 rings (SSSR count). The summed E-state index contributed by atoms with van der Waals surface area (Å²) in [5.41, 5.74) is 8.27. The number of rotatable bonds is 4. The Morgan fingerprint density at radius 3 is 2.03 bits per heavy atom. The fourth-order valence-corrected chi connectivity index (χ4v) is 5.38. The second-order valence-electron chi connectivity index (χ2n) is 8.62. The Bertz CT molecular complexity index is 1580. The van der Waals surface area contributed by atoms with Crippen LogP contribution in [0.25, 0.3) is 32.8 Å². The van der Waals surface area contributed by atoms with E-state index in [4.69, 9.17) is 0 Å². The minimum atomic E-state index is -0.243. The molecule has 4 heteroatoms. The Balaban J connectivity index is 1.68. The average molecular weight is 475 g/mol. The van der Waals surface area contributed by atoms with E-state index in [1.54, 1.807) is 11.3 Å². The Morgan fingerprint density at radius 2 is 1.34 bits per heavy atom. The number of aryl methyl sites for hydroxylation is 2. The van der Waals surface area contributed by atoms with Gasteiger partial charge >= 0.3 is 0 Å². The molecule has 35 heavy (non-hydrogen) atoms. The van der Waals surface area contributed by atoms with Gasteiger partial charge in [0.1, 0.15) is 0 Å². The van der Waals surface area contributed by atoms with E-state index < -0.39 is 0 Å². The molecule has 1 heterocycles. The molecule has 0 unspecified atom stereocenters. The van der Waals surface area contributed by atoms with Crippen LogP contribution in [0.4, 0.5) is 0 Å². The lowest BCUT2D eigenvalue weighted by Crippen LogP contribution is -2.15. The first-order valence-electron chi connectivity index (χ1n) is 11.6. The summed E-state index contributed by atoms with van der Waals surface area (Å²) in [6, 6.07) is 34.4. The Kier molecular flexibility index (Phi) is 6.30. The van der Waals surface area contributed by atoms with Gasteiger partial charge < -0.3 is 4.57 Å². The van der Waals surface area contributed by atoms with E-state index >= 15 is 0 Å². The van der Waals surface area contributed by atoms with Crippen LogP contribution in [0, 0.1) is 13.8 Å². The predicted octanol–water partition coefficient (Wildman–Crippen LogP) is 7.45. The first-order chi connectivity index (χ1) is 17.0. The molecule has 0 saturated heterocycles. The molecular formula is C31H26N2OS. The van der Waals surface area contributed by atoms with Crippen LogP contribution in [0.15, 0.2) is 108 Å². The van der Waals surface area contributed by atoms with Crippen molar-refractivity contribution in [1.82, 2.24) is 4.57 Å². The molecule has 0 aliphatic rings. The maximum atomic E-state index is 13.5. The first-order valence-corrected chi connectivity index (χ1v) is 12.4. The van der Waals surface area contributed by atoms with Gasteiger partial charge in [-0.05, 0) is 59.4 Å². The number of amides is 1. The highest BCUT2D eigenvalue weighted by molar-refractivity contribution is 7.13. The van der Waals surface area contributed by atoms with Gasteiger partial charge in [0.15, 0.2) is 4.80 Å². The molecule has 0 spiro atoms. The lowest BCUT2D eigenvalue weighted by atomic mass is 9.99. The van der Waals surface area contributed by atoms with Gasteiger partial charge in [-0.1, -0.05) is 102 Å². The van der Waals surface area contributed by atoms with E-state index in [-0.39, 0.29) is 5.91 Å². The molecule has 0 radical (unpaired) electrons. The van der Waals surface area contributed by atoms with Crippen LogP contribution in [-0.2, 0) is 7.05 Å². The molecule has 4 aromatic carbocycles. The summed E-state index contributed by atoms with van der Waals surface area (Å²) >= 11 is 1.54. The molecule has 1 amide bonds. The molecule has 3 nitrogen and oxygen atoms in total. The van der Waals surface area contributed by atoms with Gasteiger partial charge in [0, 0.05) is 12.6 Å². The largest absolute Gasteiger partial charge is 0.319 e. The lowest BCUT2D eigenvalue weighted by Gasteiger charge is -2.10. The van der Waals surface area contributed by atoms with Crippen LogP contribution in [-0.4, -0.2) is 10.5 Å². The summed E-state index contributed by atoms with van der Waals surface area (Å²) in [5, 5.41) is 0. The van der Waals surface area contributed by atoms with Gasteiger partial charge in [0.05, 0.1) is 10.6 Å². The summed E-state index contributed by atoms with van der Waals surface area (Å²) in [4.78, 5) is 19.9. The van der Waals surface area contributed by atoms with E-state index in [9.17, 15) is 4.79 Å². The van der Waals surface area contributed by atoms with Gasteiger partial charge in [0.25, 0.3) is 5.91 Å². The predicted molar refractivity (Wildman–Crippen MR) is 145 cm³/mol. The molecule has 0 fully saturated rings. The number of aromatic nitrogens is 1. The Hall–Kier alpha value is -4.02. The second kappa shape index (κ2) is 9.69. The maximum Gasteiger partial charge on any atom is 0.280 e. The van der Waals surface area contributed by atoms with Crippen molar-refractivity contribution in [3.05, 3.63) is 125 Å². The molecule has 0 bridgehead atoms. The van der Waals surface area contributed by atoms with Crippen molar-refractivity contribution in [2.24, 2.45) is 12.0 Å². The second-order valence-corrected chi connectivity index (χ2v) is 9.59. The van der Waals surface area contributed by atoms with Crippen LogP contribution >= 0.6 is 11.3 Å². The molecule has 172 valence electrons. The van der Waals surface area contributed by atoms with Crippen molar-refractivity contribution in [2.75, 3.05) is 0 Å². The van der Waals surface area contributed by atoms with E-state index in [1.165, 1.54) is 11.1 Å². The minimum Gasteiger partial charge on any atom is -0.319 e. The molecule has 0 aliphatic heterocycles. The number of thiazole rings is 1. The fourth-order valence-electron chi connectivity index (χ4n) is 4.24. The third kappa shape index (κ3) is 4.53. The maximum absolute atomic E-state index is 13.5. The highest BCUT2D eigenvalue weighted by Gasteiger charge is 2.18. The molecule has 0 atom stereocenters. The Morgan fingerprint density at radius 1 is 0.714 bits per heavy atom. The molecular weight excluding hydrogens is 448 g/mol. The molecule has 0 saturated carbocycles. The number of hydrogen-bond acceptors (Lipinski definition) is 2. The summed E-state index contributed by atoms with van der Waals surface area (Å²) in [7, 11) is 1.99. The zero-order valence-corrected chi connectivity index (χ0v) is 20.8. The number of benzene rings is 4. The van der Waals surface area contributed by atoms with Crippen molar-refractivity contribution in [3.8, 4) is 32.8 Å². The highest BCUT2D eigenvalue weighted by Crippen LogP contribution is 2.35.